The summed E-state index contributed by atoms with van der Waals surface area (Å²) in [5.74, 6) is -0.157. The molecule has 7 rings (SSSR count). The van der Waals surface area contributed by atoms with Crippen LogP contribution in [0.15, 0.2) is 84.9 Å². The first-order chi connectivity index (χ1) is 14.8. The van der Waals surface area contributed by atoms with Gasteiger partial charge in [0, 0.05) is 38.9 Å². The molecule has 1 aliphatic carbocycles. The van der Waals surface area contributed by atoms with E-state index in [0.717, 1.165) is 44.1 Å². The van der Waals surface area contributed by atoms with Crippen LogP contribution < -0.4 is 0 Å². The van der Waals surface area contributed by atoms with Gasteiger partial charge in [-0.05, 0) is 29.3 Å². The van der Waals surface area contributed by atoms with Crippen molar-refractivity contribution in [2.24, 2.45) is 0 Å². The smallest absolute Gasteiger partial charge is 0.263 e. The molecule has 0 bridgehead atoms. The first kappa shape index (κ1) is 15.9. The molecule has 0 amide bonds. The number of benzene rings is 4. The average molecular weight is 385 g/mol. The number of fused-ring (bicyclic) bond motifs is 7. The summed E-state index contributed by atoms with van der Waals surface area (Å²) in [7, 11) is 0. The Balaban J connectivity index is 1.79. The second-order valence-corrected chi connectivity index (χ2v) is 8.02. The van der Waals surface area contributed by atoms with Crippen LogP contribution in [0.2, 0.25) is 0 Å². The normalized spacial score (nSPS) is 16.5. The summed E-state index contributed by atoms with van der Waals surface area (Å²) >= 11 is 0. The predicted molar refractivity (Wildman–Crippen MR) is 116 cm³/mol. The molecule has 0 saturated carbocycles. The zero-order valence-corrected chi connectivity index (χ0v) is 15.9. The summed E-state index contributed by atoms with van der Waals surface area (Å²) in [6.45, 7) is 0. The number of hydrogen-bond donors (Lipinski definition) is 0. The molecular weight excluding hydrogens is 370 g/mol. The van der Waals surface area contributed by atoms with Gasteiger partial charge in [-0.15, -0.1) is 0 Å². The number of aromatic nitrogens is 1. The highest BCUT2D eigenvalue weighted by atomic mass is 16.2. The average Bonchev–Trinajstić information content (AvgIpc) is 3.08. The molecule has 2 aliphatic rings. The summed E-state index contributed by atoms with van der Waals surface area (Å²) in [4.78, 5) is 27.3. The number of carbonyl (C=O) groups is 2. The fourth-order valence-electron chi connectivity index (χ4n) is 5.43. The molecule has 3 nitrogen and oxygen atoms in total. The van der Waals surface area contributed by atoms with Crippen molar-refractivity contribution < 1.29 is 9.59 Å². The molecule has 1 atom stereocenters. The molecule has 140 valence electrons. The highest BCUT2D eigenvalue weighted by Gasteiger charge is 2.39. The molecule has 0 N–H and O–H groups in total. The van der Waals surface area contributed by atoms with Crippen LogP contribution in [0.5, 0.6) is 0 Å². The van der Waals surface area contributed by atoms with Crippen LogP contribution >= 0.6 is 0 Å². The first-order valence-corrected chi connectivity index (χ1v) is 10.1. The quantitative estimate of drug-likeness (QED) is 0.345. The molecule has 4 aromatic carbocycles. The molecule has 1 aliphatic heterocycles. The van der Waals surface area contributed by atoms with E-state index in [9.17, 15) is 9.59 Å². The summed E-state index contributed by atoms with van der Waals surface area (Å²) < 4.78 is 1.82. The van der Waals surface area contributed by atoms with Crippen LogP contribution in [0.3, 0.4) is 0 Å². The monoisotopic (exact) mass is 385 g/mol. The van der Waals surface area contributed by atoms with Crippen molar-refractivity contribution in [1.29, 1.82) is 0 Å². The van der Waals surface area contributed by atoms with E-state index in [4.69, 9.17) is 0 Å². The lowest BCUT2D eigenvalue weighted by atomic mass is 9.73. The summed E-state index contributed by atoms with van der Waals surface area (Å²) in [6, 6.07) is 27.6. The Hall–Kier alpha value is -3.98. The second-order valence-electron chi connectivity index (χ2n) is 8.02. The van der Waals surface area contributed by atoms with E-state index in [1.54, 1.807) is 0 Å². The maximum Gasteiger partial charge on any atom is 0.263 e. The Kier molecular flexibility index (Phi) is 2.82. The van der Waals surface area contributed by atoms with Crippen LogP contribution in [0.25, 0.3) is 21.8 Å². The largest absolute Gasteiger partial charge is 0.289 e. The molecule has 30 heavy (non-hydrogen) atoms. The van der Waals surface area contributed by atoms with Gasteiger partial charge < -0.3 is 0 Å². The Morgan fingerprint density at radius 1 is 0.600 bits per heavy atom. The molecule has 0 saturated heterocycles. The Morgan fingerprint density at radius 2 is 1.27 bits per heavy atom. The van der Waals surface area contributed by atoms with Crippen LogP contribution in [-0.2, 0) is 0 Å². The van der Waals surface area contributed by atoms with Gasteiger partial charge in [-0.3, -0.25) is 14.2 Å². The molecule has 3 heteroatoms. The zero-order valence-electron chi connectivity index (χ0n) is 15.9. The van der Waals surface area contributed by atoms with E-state index < -0.39 is 0 Å². The van der Waals surface area contributed by atoms with Crippen molar-refractivity contribution in [3.05, 3.63) is 118 Å². The zero-order chi connectivity index (χ0) is 20.0. The minimum atomic E-state index is -0.150. The number of carbonyl (C=O) groups excluding carboxylic acids is 2. The van der Waals surface area contributed by atoms with E-state index in [2.05, 4.69) is 6.07 Å². The standard InChI is InChI=1S/C27H15NO2/c29-26-19-10-3-1-8-16(19)23-17-9-2-4-11-20(17)27(30)28-22-12-6-5-7-15(22)18-13-14-21(26)24(23)25(18)28/h1-14,23H. The van der Waals surface area contributed by atoms with Crippen molar-refractivity contribution >= 4 is 33.5 Å². The maximum absolute atomic E-state index is 13.9. The third-order valence-electron chi connectivity index (χ3n) is 6.63. The van der Waals surface area contributed by atoms with Crippen LogP contribution in [0, 0.1) is 0 Å². The summed E-state index contributed by atoms with van der Waals surface area (Å²) in [5, 5.41) is 2.05. The molecule has 1 aromatic heterocycles. The molecule has 2 heterocycles. The third kappa shape index (κ3) is 1.72. The van der Waals surface area contributed by atoms with Crippen molar-refractivity contribution in [2.75, 3.05) is 0 Å². The van der Waals surface area contributed by atoms with E-state index in [1.807, 2.05) is 83.4 Å². The lowest BCUT2D eigenvalue weighted by Gasteiger charge is -2.28. The van der Waals surface area contributed by atoms with Crippen LogP contribution in [0.4, 0.5) is 0 Å². The topological polar surface area (TPSA) is 39.1 Å². The highest BCUT2D eigenvalue weighted by Crippen LogP contribution is 2.48. The number of nitrogens with zero attached hydrogens (tertiary/aromatic N) is 1. The van der Waals surface area contributed by atoms with Gasteiger partial charge in [0.2, 0.25) is 0 Å². The number of rotatable bonds is 0. The minimum Gasteiger partial charge on any atom is -0.289 e. The van der Waals surface area contributed by atoms with Gasteiger partial charge in [-0.1, -0.05) is 66.7 Å². The van der Waals surface area contributed by atoms with Gasteiger partial charge >= 0.3 is 0 Å². The van der Waals surface area contributed by atoms with Gasteiger partial charge in [0.1, 0.15) is 0 Å². The molecule has 5 aromatic rings. The van der Waals surface area contributed by atoms with Crippen molar-refractivity contribution in [1.82, 2.24) is 4.57 Å². The van der Waals surface area contributed by atoms with E-state index in [0.29, 0.717) is 11.1 Å². The van der Waals surface area contributed by atoms with Crippen molar-refractivity contribution in [3.63, 3.8) is 0 Å². The predicted octanol–water partition coefficient (Wildman–Crippen LogP) is 5.52. The molecule has 0 radical (unpaired) electrons. The summed E-state index contributed by atoms with van der Waals surface area (Å²) in [6.07, 6.45) is 0. The lowest BCUT2D eigenvalue weighted by molar-refractivity contribution is 0.0968. The summed E-state index contributed by atoms with van der Waals surface area (Å²) in [5.41, 5.74) is 6.74. The number of ketones is 1. The molecular formula is C27H15NO2. The first-order valence-electron chi connectivity index (χ1n) is 10.1. The highest BCUT2D eigenvalue weighted by molar-refractivity contribution is 6.23. The minimum absolute atomic E-state index is 0.0300. The third-order valence-corrected chi connectivity index (χ3v) is 6.63. The van der Waals surface area contributed by atoms with Crippen molar-refractivity contribution in [3.8, 4) is 0 Å². The second kappa shape index (κ2) is 5.33. The number of hydrogen-bond acceptors (Lipinski definition) is 2. The van der Waals surface area contributed by atoms with E-state index in [-0.39, 0.29) is 17.6 Å². The molecule has 1 unspecified atom stereocenters. The van der Waals surface area contributed by atoms with Gasteiger partial charge in [0.25, 0.3) is 5.91 Å². The molecule has 0 fully saturated rings. The van der Waals surface area contributed by atoms with Crippen LogP contribution in [-0.4, -0.2) is 16.3 Å². The molecule has 0 spiro atoms. The van der Waals surface area contributed by atoms with Crippen LogP contribution in [0.1, 0.15) is 48.9 Å². The van der Waals surface area contributed by atoms with Gasteiger partial charge in [0.05, 0.1) is 11.0 Å². The fraction of sp³-hybridized carbons (Fsp3) is 0.0370. The SMILES string of the molecule is O=C1c2ccccc2C2c3ccccc3C(=O)n3c4ccccc4c4ccc1c2c43. The van der Waals surface area contributed by atoms with Gasteiger partial charge in [-0.25, -0.2) is 0 Å². The van der Waals surface area contributed by atoms with E-state index in [1.165, 1.54) is 0 Å². The Labute approximate surface area is 172 Å². The maximum atomic E-state index is 13.9. The van der Waals surface area contributed by atoms with Gasteiger partial charge in [0.15, 0.2) is 5.78 Å². The number of para-hydroxylation sites is 1. The van der Waals surface area contributed by atoms with Gasteiger partial charge in [-0.2, -0.15) is 0 Å². The Bertz CT molecular complexity index is 1590. The fourth-order valence-corrected chi connectivity index (χ4v) is 5.43. The Morgan fingerprint density at radius 3 is 2.10 bits per heavy atom. The lowest BCUT2D eigenvalue weighted by Crippen LogP contribution is -2.20. The van der Waals surface area contributed by atoms with E-state index >= 15 is 0 Å². The van der Waals surface area contributed by atoms with Crippen molar-refractivity contribution in [2.45, 2.75) is 5.92 Å².